The third kappa shape index (κ3) is 4.45. The van der Waals surface area contributed by atoms with Gasteiger partial charge in [-0.25, -0.2) is 0 Å². The summed E-state index contributed by atoms with van der Waals surface area (Å²) in [4.78, 5) is 11.1. The molecule has 0 atom stereocenters. The zero-order valence-corrected chi connectivity index (χ0v) is 11.4. The highest BCUT2D eigenvalue weighted by Crippen LogP contribution is 2.22. The first-order valence-corrected chi connectivity index (χ1v) is 6.85. The van der Waals surface area contributed by atoms with Crippen LogP contribution >= 0.6 is 27.7 Å². The second-order valence-corrected chi connectivity index (χ2v) is 4.99. The molecule has 0 saturated carbocycles. The smallest absolute Gasteiger partial charge is 0.315 e. The molecular weight excluding hydrogens is 290 g/mol. The van der Waals surface area contributed by atoms with Gasteiger partial charge in [0.2, 0.25) is 0 Å². The number of nitrogen functional groups attached to an aromatic ring is 1. The molecule has 0 heterocycles. The van der Waals surface area contributed by atoms with Crippen LogP contribution < -0.4 is 5.73 Å². The van der Waals surface area contributed by atoms with Gasteiger partial charge in [0.15, 0.2) is 0 Å². The number of ether oxygens (including phenoxy) is 1. The number of nitrogens with two attached hydrogens (primary N) is 1. The minimum absolute atomic E-state index is 0.169. The summed E-state index contributed by atoms with van der Waals surface area (Å²) in [6.07, 6.45) is 0. The van der Waals surface area contributed by atoms with E-state index in [2.05, 4.69) is 15.9 Å². The minimum atomic E-state index is -0.169. The van der Waals surface area contributed by atoms with Crippen molar-refractivity contribution in [3.63, 3.8) is 0 Å². The predicted octanol–water partition coefficient (Wildman–Crippen LogP) is 2.83. The summed E-state index contributed by atoms with van der Waals surface area (Å²) < 4.78 is 5.73. The summed E-state index contributed by atoms with van der Waals surface area (Å²) in [7, 11) is 0. The Labute approximate surface area is 108 Å². The van der Waals surface area contributed by atoms with Crippen molar-refractivity contribution >= 4 is 39.3 Å². The topological polar surface area (TPSA) is 52.3 Å². The van der Waals surface area contributed by atoms with Gasteiger partial charge in [-0.1, -0.05) is 6.07 Å². The lowest BCUT2D eigenvalue weighted by atomic mass is 10.2. The van der Waals surface area contributed by atoms with E-state index in [4.69, 9.17) is 10.5 Å². The summed E-state index contributed by atoms with van der Waals surface area (Å²) in [5.74, 6) is 0.970. The van der Waals surface area contributed by atoms with E-state index in [-0.39, 0.29) is 5.97 Å². The Morgan fingerprint density at radius 3 is 2.94 bits per heavy atom. The van der Waals surface area contributed by atoms with Crippen LogP contribution in [0.2, 0.25) is 0 Å². The third-order valence-corrected chi connectivity index (χ3v) is 3.55. The molecule has 0 aromatic heterocycles. The molecule has 0 aliphatic heterocycles. The second-order valence-electron chi connectivity index (χ2n) is 3.15. The average Bonchev–Trinajstić information content (AvgIpc) is 2.24. The van der Waals surface area contributed by atoms with Gasteiger partial charge >= 0.3 is 5.97 Å². The molecule has 1 rings (SSSR count). The predicted molar refractivity (Wildman–Crippen MR) is 71.3 cm³/mol. The number of rotatable bonds is 5. The van der Waals surface area contributed by atoms with Crippen molar-refractivity contribution in [2.75, 3.05) is 18.1 Å². The molecule has 1 aromatic rings. The summed E-state index contributed by atoms with van der Waals surface area (Å²) in [5.41, 5.74) is 7.58. The maximum Gasteiger partial charge on any atom is 0.315 e. The Hall–Kier alpha value is -0.680. The molecule has 0 fully saturated rings. The van der Waals surface area contributed by atoms with E-state index in [0.29, 0.717) is 18.0 Å². The molecule has 0 unspecified atom stereocenters. The molecule has 0 saturated heterocycles. The fourth-order valence-corrected chi connectivity index (χ4v) is 2.15. The Balaban J connectivity index is 2.37. The lowest BCUT2D eigenvalue weighted by Crippen LogP contribution is -2.06. The lowest BCUT2D eigenvalue weighted by molar-refractivity contribution is -0.139. The van der Waals surface area contributed by atoms with E-state index >= 15 is 0 Å². The van der Waals surface area contributed by atoms with E-state index in [1.54, 1.807) is 6.92 Å². The minimum Gasteiger partial charge on any atom is -0.465 e. The summed E-state index contributed by atoms with van der Waals surface area (Å²) in [5, 5.41) is 0. The van der Waals surface area contributed by atoms with Gasteiger partial charge in [-0.05, 0) is 40.5 Å². The van der Waals surface area contributed by atoms with Crippen LogP contribution in [-0.4, -0.2) is 18.3 Å². The third-order valence-electron chi connectivity index (χ3n) is 1.85. The number of halogens is 1. The highest BCUT2D eigenvalue weighted by atomic mass is 79.9. The molecule has 0 amide bonds. The quantitative estimate of drug-likeness (QED) is 0.671. The normalized spacial score (nSPS) is 10.1. The van der Waals surface area contributed by atoms with Crippen molar-refractivity contribution in [3.05, 3.63) is 28.2 Å². The van der Waals surface area contributed by atoms with Gasteiger partial charge in [0.05, 0.1) is 12.4 Å². The largest absolute Gasteiger partial charge is 0.465 e. The maximum atomic E-state index is 11.1. The molecule has 5 heteroatoms. The van der Waals surface area contributed by atoms with Gasteiger partial charge < -0.3 is 10.5 Å². The van der Waals surface area contributed by atoms with Crippen molar-refractivity contribution in [1.82, 2.24) is 0 Å². The van der Waals surface area contributed by atoms with E-state index in [9.17, 15) is 4.79 Å². The van der Waals surface area contributed by atoms with E-state index in [1.165, 1.54) is 11.8 Å². The van der Waals surface area contributed by atoms with Crippen LogP contribution in [0.1, 0.15) is 12.5 Å². The average molecular weight is 304 g/mol. The fraction of sp³-hybridized carbons (Fsp3) is 0.364. The molecule has 0 bridgehead atoms. The van der Waals surface area contributed by atoms with Gasteiger partial charge in [0.25, 0.3) is 0 Å². The standard InChI is InChI=1S/C11H14BrNO2S/c1-2-15-11(14)7-16-6-8-3-4-9(12)10(13)5-8/h3-5H,2,6-7,13H2,1H3. The number of esters is 1. The summed E-state index contributed by atoms with van der Waals surface area (Å²) >= 11 is 4.86. The zero-order chi connectivity index (χ0) is 12.0. The number of thioether (sulfide) groups is 1. The van der Waals surface area contributed by atoms with Crippen LogP contribution in [0, 0.1) is 0 Å². The molecular formula is C11H14BrNO2S. The maximum absolute atomic E-state index is 11.1. The van der Waals surface area contributed by atoms with Crippen LogP contribution in [0.15, 0.2) is 22.7 Å². The lowest BCUT2D eigenvalue weighted by Gasteiger charge is -2.04. The van der Waals surface area contributed by atoms with E-state index in [0.717, 1.165) is 15.8 Å². The van der Waals surface area contributed by atoms with Gasteiger partial charge in [0, 0.05) is 15.9 Å². The Morgan fingerprint density at radius 1 is 1.56 bits per heavy atom. The zero-order valence-electron chi connectivity index (χ0n) is 9.03. The van der Waals surface area contributed by atoms with Crippen LogP contribution in [0.3, 0.4) is 0 Å². The van der Waals surface area contributed by atoms with Crippen LogP contribution in [0.5, 0.6) is 0 Å². The van der Waals surface area contributed by atoms with Crippen molar-refractivity contribution < 1.29 is 9.53 Å². The van der Waals surface area contributed by atoms with E-state index < -0.39 is 0 Å². The number of carbonyl (C=O) groups excluding carboxylic acids is 1. The van der Waals surface area contributed by atoms with Crippen molar-refractivity contribution in [2.24, 2.45) is 0 Å². The van der Waals surface area contributed by atoms with Crippen LogP contribution in [-0.2, 0) is 15.3 Å². The van der Waals surface area contributed by atoms with Gasteiger partial charge in [0.1, 0.15) is 0 Å². The molecule has 16 heavy (non-hydrogen) atoms. The number of carbonyl (C=O) groups is 1. The van der Waals surface area contributed by atoms with Crippen molar-refractivity contribution in [3.8, 4) is 0 Å². The molecule has 88 valence electrons. The first-order valence-electron chi connectivity index (χ1n) is 4.90. The Kier molecular flexibility index (Phi) is 5.69. The van der Waals surface area contributed by atoms with Crippen molar-refractivity contribution in [2.45, 2.75) is 12.7 Å². The molecule has 0 aliphatic carbocycles. The second kappa shape index (κ2) is 6.81. The van der Waals surface area contributed by atoms with Crippen LogP contribution in [0.4, 0.5) is 5.69 Å². The Bertz CT molecular complexity index is 371. The number of hydrogen-bond acceptors (Lipinski definition) is 4. The number of hydrogen-bond donors (Lipinski definition) is 1. The summed E-state index contributed by atoms with van der Waals surface area (Å²) in [6.45, 7) is 2.24. The van der Waals surface area contributed by atoms with Gasteiger partial charge in [-0.15, -0.1) is 11.8 Å². The molecule has 1 aromatic carbocycles. The molecule has 0 spiro atoms. The highest BCUT2D eigenvalue weighted by molar-refractivity contribution is 9.10. The molecule has 0 radical (unpaired) electrons. The van der Waals surface area contributed by atoms with Crippen molar-refractivity contribution in [1.29, 1.82) is 0 Å². The monoisotopic (exact) mass is 303 g/mol. The SMILES string of the molecule is CCOC(=O)CSCc1ccc(Br)c(N)c1. The first kappa shape index (κ1) is 13.4. The fourth-order valence-electron chi connectivity index (χ4n) is 1.14. The molecule has 3 nitrogen and oxygen atoms in total. The first-order chi connectivity index (χ1) is 7.63. The number of benzene rings is 1. The van der Waals surface area contributed by atoms with E-state index in [1.807, 2.05) is 18.2 Å². The molecule has 0 aliphatic rings. The van der Waals surface area contributed by atoms with Gasteiger partial charge in [-0.2, -0.15) is 0 Å². The summed E-state index contributed by atoms with van der Waals surface area (Å²) in [6, 6.07) is 5.80. The van der Waals surface area contributed by atoms with Crippen LogP contribution in [0.25, 0.3) is 0 Å². The Morgan fingerprint density at radius 2 is 2.31 bits per heavy atom. The number of anilines is 1. The molecule has 2 N–H and O–H groups in total. The highest BCUT2D eigenvalue weighted by Gasteiger charge is 2.03. The van der Waals surface area contributed by atoms with Gasteiger partial charge in [-0.3, -0.25) is 4.79 Å².